The maximum Gasteiger partial charge on any atom is 0.230 e. The van der Waals surface area contributed by atoms with Gasteiger partial charge in [0.15, 0.2) is 11.5 Å². The molecule has 1 amide bonds. The minimum absolute atomic E-state index is 0.173. The van der Waals surface area contributed by atoms with Gasteiger partial charge in [-0.2, -0.15) is 0 Å². The number of aromatic nitrogens is 3. The molecule has 0 bridgehead atoms. The van der Waals surface area contributed by atoms with E-state index in [1.807, 2.05) is 50.2 Å². The van der Waals surface area contributed by atoms with Crippen molar-refractivity contribution in [1.29, 1.82) is 0 Å². The molecule has 2 heterocycles. The summed E-state index contributed by atoms with van der Waals surface area (Å²) in [6.45, 7) is 3.88. The quantitative estimate of drug-likeness (QED) is 0.470. The zero-order chi connectivity index (χ0) is 20.5. The monoisotopic (exact) mass is 424 g/mol. The summed E-state index contributed by atoms with van der Waals surface area (Å²) in [5.41, 5.74) is 4.99. The SMILES string of the molecule is Cc1ccc(-c2c(NC(=O)Cc3ccc(Cl)cc3)nn3c(C)ccnc23)cc1Cl. The van der Waals surface area contributed by atoms with Crippen LogP contribution in [-0.4, -0.2) is 20.5 Å². The fourth-order valence-corrected chi connectivity index (χ4v) is 3.43. The van der Waals surface area contributed by atoms with Gasteiger partial charge in [-0.25, -0.2) is 9.50 Å². The first kappa shape index (κ1) is 19.4. The number of anilines is 1. The van der Waals surface area contributed by atoms with Crippen LogP contribution in [0.1, 0.15) is 16.8 Å². The summed E-state index contributed by atoms with van der Waals surface area (Å²) in [5, 5.41) is 8.81. The molecule has 1 N–H and O–H groups in total. The third kappa shape index (κ3) is 3.97. The van der Waals surface area contributed by atoms with Crippen LogP contribution in [0.5, 0.6) is 0 Å². The predicted molar refractivity (Wildman–Crippen MR) is 117 cm³/mol. The van der Waals surface area contributed by atoms with Crippen LogP contribution in [0.4, 0.5) is 5.82 Å². The highest BCUT2D eigenvalue weighted by Gasteiger charge is 2.19. The smallest absolute Gasteiger partial charge is 0.230 e. The van der Waals surface area contributed by atoms with Gasteiger partial charge in [-0.3, -0.25) is 4.79 Å². The molecule has 4 aromatic rings. The lowest BCUT2D eigenvalue weighted by atomic mass is 10.1. The lowest BCUT2D eigenvalue weighted by Crippen LogP contribution is -2.15. The maximum atomic E-state index is 12.7. The van der Waals surface area contributed by atoms with Gasteiger partial charge >= 0.3 is 0 Å². The van der Waals surface area contributed by atoms with Gasteiger partial charge < -0.3 is 5.32 Å². The van der Waals surface area contributed by atoms with Gasteiger partial charge in [0, 0.05) is 21.9 Å². The Kier molecular flexibility index (Phi) is 5.26. The van der Waals surface area contributed by atoms with Crippen LogP contribution >= 0.6 is 23.2 Å². The summed E-state index contributed by atoms with van der Waals surface area (Å²) in [6, 6.07) is 14.8. The van der Waals surface area contributed by atoms with Crippen molar-refractivity contribution in [2.45, 2.75) is 20.3 Å². The van der Waals surface area contributed by atoms with E-state index in [0.29, 0.717) is 21.5 Å². The molecule has 0 saturated heterocycles. The molecule has 7 heteroatoms. The zero-order valence-electron chi connectivity index (χ0n) is 15.9. The van der Waals surface area contributed by atoms with Gasteiger partial charge in [-0.1, -0.05) is 47.5 Å². The first-order valence-electron chi connectivity index (χ1n) is 9.07. The van der Waals surface area contributed by atoms with E-state index in [2.05, 4.69) is 15.4 Å². The van der Waals surface area contributed by atoms with Gasteiger partial charge in [-0.15, -0.1) is 5.10 Å². The van der Waals surface area contributed by atoms with Crippen molar-refractivity contribution in [1.82, 2.24) is 14.6 Å². The van der Waals surface area contributed by atoms with Crippen molar-refractivity contribution in [2.24, 2.45) is 0 Å². The number of hydrogen-bond acceptors (Lipinski definition) is 3. The van der Waals surface area contributed by atoms with Crippen LogP contribution in [0.3, 0.4) is 0 Å². The summed E-state index contributed by atoms with van der Waals surface area (Å²) in [7, 11) is 0. The van der Waals surface area contributed by atoms with Crippen LogP contribution < -0.4 is 5.32 Å². The molecule has 0 aliphatic heterocycles. The minimum atomic E-state index is -0.173. The number of halogens is 2. The Morgan fingerprint density at radius 3 is 2.55 bits per heavy atom. The van der Waals surface area contributed by atoms with Gasteiger partial charge in [0.25, 0.3) is 0 Å². The van der Waals surface area contributed by atoms with Crippen LogP contribution in [0.2, 0.25) is 10.0 Å². The fourth-order valence-electron chi connectivity index (χ4n) is 3.13. The second-order valence-electron chi connectivity index (χ2n) is 6.86. The largest absolute Gasteiger partial charge is 0.308 e. The number of amides is 1. The van der Waals surface area contributed by atoms with E-state index in [1.165, 1.54) is 0 Å². The van der Waals surface area contributed by atoms with E-state index in [4.69, 9.17) is 23.2 Å². The number of carbonyl (C=O) groups is 1. The fraction of sp³-hybridized carbons (Fsp3) is 0.136. The van der Waals surface area contributed by atoms with Crippen LogP contribution in [0.15, 0.2) is 54.7 Å². The Bertz CT molecular complexity index is 1220. The van der Waals surface area contributed by atoms with E-state index in [-0.39, 0.29) is 12.3 Å². The van der Waals surface area contributed by atoms with Gasteiger partial charge in [-0.05, 0) is 54.8 Å². The molecule has 0 aliphatic carbocycles. The molecule has 0 fully saturated rings. The summed E-state index contributed by atoms with van der Waals surface area (Å²) >= 11 is 12.3. The topological polar surface area (TPSA) is 59.3 Å². The Morgan fingerprint density at radius 1 is 1.07 bits per heavy atom. The summed E-state index contributed by atoms with van der Waals surface area (Å²) in [5.74, 6) is 0.276. The number of nitrogens with zero attached hydrogens (tertiary/aromatic N) is 3. The van der Waals surface area contributed by atoms with Crippen LogP contribution in [0, 0.1) is 13.8 Å². The van der Waals surface area contributed by atoms with Crippen molar-refractivity contribution in [3.63, 3.8) is 0 Å². The number of nitrogens with one attached hydrogen (secondary N) is 1. The molecule has 0 saturated carbocycles. The van der Waals surface area contributed by atoms with Crippen molar-refractivity contribution >= 4 is 40.6 Å². The second kappa shape index (κ2) is 7.85. The number of hydrogen-bond donors (Lipinski definition) is 1. The molecule has 0 atom stereocenters. The molecular weight excluding hydrogens is 407 g/mol. The van der Waals surface area contributed by atoms with Crippen molar-refractivity contribution in [3.05, 3.63) is 81.6 Å². The van der Waals surface area contributed by atoms with Gasteiger partial charge in [0.2, 0.25) is 5.91 Å². The number of aryl methyl sites for hydroxylation is 2. The Labute approximate surface area is 178 Å². The number of fused-ring (bicyclic) bond motifs is 1. The molecule has 0 radical (unpaired) electrons. The second-order valence-corrected chi connectivity index (χ2v) is 7.70. The molecular formula is C22H18Cl2N4O. The zero-order valence-corrected chi connectivity index (χ0v) is 17.4. The molecule has 29 heavy (non-hydrogen) atoms. The van der Waals surface area contributed by atoms with E-state index < -0.39 is 0 Å². The summed E-state index contributed by atoms with van der Waals surface area (Å²) in [4.78, 5) is 17.2. The number of carbonyl (C=O) groups excluding carboxylic acids is 1. The molecule has 2 aromatic carbocycles. The summed E-state index contributed by atoms with van der Waals surface area (Å²) in [6.07, 6.45) is 1.94. The third-order valence-electron chi connectivity index (χ3n) is 4.70. The average molecular weight is 425 g/mol. The first-order chi connectivity index (χ1) is 13.9. The molecule has 0 aliphatic rings. The van der Waals surface area contributed by atoms with Crippen LogP contribution in [-0.2, 0) is 11.2 Å². The molecule has 5 nitrogen and oxygen atoms in total. The first-order valence-corrected chi connectivity index (χ1v) is 9.83. The summed E-state index contributed by atoms with van der Waals surface area (Å²) < 4.78 is 1.72. The van der Waals surface area contributed by atoms with Crippen LogP contribution in [0.25, 0.3) is 16.8 Å². The van der Waals surface area contributed by atoms with E-state index in [0.717, 1.165) is 27.9 Å². The standard InChI is InChI=1S/C22H18Cl2N4O/c1-13-3-6-16(12-18(13)24)20-21(27-28-14(2)9-10-25-22(20)28)26-19(29)11-15-4-7-17(23)8-5-15/h3-10,12H,11H2,1-2H3,(H,26,27,29). The number of benzene rings is 2. The highest BCUT2D eigenvalue weighted by molar-refractivity contribution is 6.31. The van der Waals surface area contributed by atoms with E-state index >= 15 is 0 Å². The predicted octanol–water partition coefficient (Wildman–Crippen LogP) is 5.50. The average Bonchev–Trinajstić information content (AvgIpc) is 3.05. The lowest BCUT2D eigenvalue weighted by Gasteiger charge is -2.07. The Balaban J connectivity index is 1.75. The van der Waals surface area contributed by atoms with E-state index in [1.54, 1.807) is 22.8 Å². The van der Waals surface area contributed by atoms with Crippen molar-refractivity contribution in [2.75, 3.05) is 5.32 Å². The molecule has 2 aromatic heterocycles. The third-order valence-corrected chi connectivity index (χ3v) is 5.36. The molecule has 0 unspecified atom stereocenters. The Morgan fingerprint density at radius 2 is 1.83 bits per heavy atom. The van der Waals surface area contributed by atoms with E-state index in [9.17, 15) is 4.79 Å². The minimum Gasteiger partial charge on any atom is -0.308 e. The highest BCUT2D eigenvalue weighted by Crippen LogP contribution is 2.34. The molecule has 4 rings (SSSR count). The maximum absolute atomic E-state index is 12.7. The van der Waals surface area contributed by atoms with Crippen molar-refractivity contribution in [3.8, 4) is 11.1 Å². The normalized spacial score (nSPS) is 11.0. The van der Waals surface area contributed by atoms with Gasteiger partial charge in [0.05, 0.1) is 12.0 Å². The molecule has 146 valence electrons. The highest BCUT2D eigenvalue weighted by atomic mass is 35.5. The lowest BCUT2D eigenvalue weighted by molar-refractivity contribution is -0.115. The number of rotatable bonds is 4. The molecule has 0 spiro atoms. The van der Waals surface area contributed by atoms with Crippen molar-refractivity contribution < 1.29 is 4.79 Å². The van der Waals surface area contributed by atoms with Gasteiger partial charge in [0.1, 0.15) is 0 Å². The Hall–Kier alpha value is -2.89.